The summed E-state index contributed by atoms with van der Waals surface area (Å²) in [4.78, 5) is 20.5. The highest BCUT2D eigenvalue weighted by molar-refractivity contribution is 6.04. The molecule has 0 bridgehead atoms. The van der Waals surface area contributed by atoms with Gasteiger partial charge in [0.05, 0.1) is 11.1 Å². The summed E-state index contributed by atoms with van der Waals surface area (Å²) in [6.07, 6.45) is 3.08. The maximum Gasteiger partial charge on any atom is 0.257 e. The maximum absolute atomic E-state index is 12.2. The van der Waals surface area contributed by atoms with Crippen LogP contribution in [0.5, 0.6) is 5.75 Å². The molecule has 0 aliphatic carbocycles. The number of aromatic nitrogens is 2. The Bertz CT molecular complexity index is 1020. The fraction of sp³-hybridized carbons (Fsp3) is 0. The van der Waals surface area contributed by atoms with Gasteiger partial charge < -0.3 is 14.8 Å². The molecule has 0 saturated carbocycles. The average molecular weight is 331 g/mol. The topological polar surface area (TPSA) is 88.2 Å². The number of benzene rings is 2. The Morgan fingerprint density at radius 2 is 1.96 bits per heavy atom. The van der Waals surface area contributed by atoms with E-state index < -0.39 is 0 Å². The van der Waals surface area contributed by atoms with Gasteiger partial charge in [-0.1, -0.05) is 12.1 Å². The van der Waals surface area contributed by atoms with Crippen LogP contribution in [0.2, 0.25) is 0 Å². The van der Waals surface area contributed by atoms with Crippen molar-refractivity contribution < 1.29 is 14.3 Å². The Hall–Kier alpha value is -3.67. The second-order valence-electron chi connectivity index (χ2n) is 5.41. The van der Waals surface area contributed by atoms with Crippen LogP contribution in [0.1, 0.15) is 10.4 Å². The minimum Gasteiger partial charge on any atom is -0.507 e. The van der Waals surface area contributed by atoms with Gasteiger partial charge in [-0.15, -0.1) is 0 Å². The third-order valence-electron chi connectivity index (χ3n) is 3.70. The van der Waals surface area contributed by atoms with Crippen LogP contribution >= 0.6 is 0 Å². The van der Waals surface area contributed by atoms with E-state index in [0.29, 0.717) is 27.9 Å². The molecule has 6 nitrogen and oxygen atoms in total. The normalized spacial score (nSPS) is 10.7. The first-order chi connectivity index (χ1) is 12.2. The van der Waals surface area contributed by atoms with Crippen LogP contribution in [-0.4, -0.2) is 21.0 Å². The number of oxazole rings is 1. The van der Waals surface area contributed by atoms with Gasteiger partial charge >= 0.3 is 0 Å². The van der Waals surface area contributed by atoms with Gasteiger partial charge in [-0.3, -0.25) is 9.78 Å². The molecule has 0 fully saturated rings. The summed E-state index contributed by atoms with van der Waals surface area (Å²) in [5.74, 6) is 0.0180. The Balaban J connectivity index is 1.68. The van der Waals surface area contributed by atoms with Crippen LogP contribution in [0.15, 0.2) is 71.4 Å². The molecule has 4 aromatic rings. The van der Waals surface area contributed by atoms with Gasteiger partial charge in [-0.05, 0) is 42.5 Å². The number of carbonyl (C=O) groups excluding carboxylic acids is 1. The third-order valence-corrected chi connectivity index (χ3v) is 3.70. The molecule has 1 amide bonds. The van der Waals surface area contributed by atoms with E-state index >= 15 is 0 Å². The molecule has 0 saturated heterocycles. The molecule has 122 valence electrons. The van der Waals surface area contributed by atoms with E-state index in [0.717, 1.165) is 0 Å². The van der Waals surface area contributed by atoms with Crippen molar-refractivity contribution in [3.63, 3.8) is 0 Å². The number of hydrogen-bond donors (Lipinski definition) is 2. The molecule has 2 heterocycles. The number of rotatable bonds is 3. The number of fused-ring (bicyclic) bond motifs is 1. The minimum absolute atomic E-state index is 0.0194. The molecule has 25 heavy (non-hydrogen) atoms. The molecular weight excluding hydrogens is 318 g/mol. The van der Waals surface area contributed by atoms with Gasteiger partial charge in [0, 0.05) is 18.1 Å². The SMILES string of the molecule is O=C(Nc1ccc(O)c(-c2nc3ccccc3o2)c1)c1cccnc1. The van der Waals surface area contributed by atoms with Gasteiger partial charge in [-0.25, -0.2) is 4.98 Å². The molecule has 4 rings (SSSR count). The molecule has 0 aliphatic rings. The molecule has 2 aromatic carbocycles. The third kappa shape index (κ3) is 2.92. The largest absolute Gasteiger partial charge is 0.507 e. The highest BCUT2D eigenvalue weighted by Gasteiger charge is 2.14. The predicted octanol–water partition coefficient (Wildman–Crippen LogP) is 3.85. The number of hydrogen-bond acceptors (Lipinski definition) is 5. The first kappa shape index (κ1) is 14.9. The second kappa shape index (κ2) is 6.09. The average Bonchev–Trinajstić information content (AvgIpc) is 3.08. The summed E-state index contributed by atoms with van der Waals surface area (Å²) in [6, 6.07) is 15.4. The number of nitrogens with zero attached hydrogens (tertiary/aromatic N) is 2. The molecule has 6 heteroatoms. The van der Waals surface area contributed by atoms with Crippen LogP contribution in [0.25, 0.3) is 22.6 Å². The summed E-state index contributed by atoms with van der Waals surface area (Å²) in [5.41, 5.74) is 2.69. The molecule has 0 spiro atoms. The molecular formula is C19H13N3O3. The van der Waals surface area contributed by atoms with Crippen LogP contribution in [-0.2, 0) is 0 Å². The lowest BCUT2D eigenvalue weighted by molar-refractivity contribution is 0.102. The van der Waals surface area contributed by atoms with Crippen molar-refractivity contribution in [2.45, 2.75) is 0 Å². The standard InChI is InChI=1S/C19H13N3O3/c23-16-8-7-13(21-18(24)12-4-3-9-20-11-12)10-14(16)19-22-15-5-1-2-6-17(15)25-19/h1-11,23H,(H,21,24). The van der Waals surface area contributed by atoms with E-state index in [2.05, 4.69) is 15.3 Å². The van der Waals surface area contributed by atoms with Crippen molar-refractivity contribution in [3.05, 3.63) is 72.6 Å². The van der Waals surface area contributed by atoms with Crippen molar-refractivity contribution in [1.82, 2.24) is 9.97 Å². The van der Waals surface area contributed by atoms with Gasteiger partial charge in [0.25, 0.3) is 5.91 Å². The zero-order valence-corrected chi connectivity index (χ0v) is 13.0. The number of para-hydroxylation sites is 2. The lowest BCUT2D eigenvalue weighted by Gasteiger charge is -2.07. The highest BCUT2D eigenvalue weighted by atomic mass is 16.3. The fourth-order valence-electron chi connectivity index (χ4n) is 2.47. The first-order valence-electron chi connectivity index (χ1n) is 7.61. The number of carbonyl (C=O) groups is 1. The monoisotopic (exact) mass is 331 g/mol. The molecule has 2 N–H and O–H groups in total. The fourth-order valence-corrected chi connectivity index (χ4v) is 2.47. The molecule has 0 unspecified atom stereocenters. The van der Waals surface area contributed by atoms with E-state index in [1.807, 2.05) is 18.2 Å². The Labute approximate surface area is 142 Å². The van der Waals surface area contributed by atoms with Crippen LogP contribution in [0.3, 0.4) is 0 Å². The summed E-state index contributed by atoms with van der Waals surface area (Å²) in [7, 11) is 0. The Kier molecular flexibility index (Phi) is 3.63. The zero-order valence-electron chi connectivity index (χ0n) is 13.0. The van der Waals surface area contributed by atoms with Crippen molar-refractivity contribution in [1.29, 1.82) is 0 Å². The van der Waals surface area contributed by atoms with Gasteiger partial charge in [0.2, 0.25) is 5.89 Å². The summed E-state index contributed by atoms with van der Waals surface area (Å²) in [5, 5.41) is 12.9. The Morgan fingerprint density at radius 3 is 2.76 bits per heavy atom. The van der Waals surface area contributed by atoms with E-state index in [-0.39, 0.29) is 17.5 Å². The molecule has 0 radical (unpaired) electrons. The number of aromatic hydroxyl groups is 1. The molecule has 2 aromatic heterocycles. The lowest BCUT2D eigenvalue weighted by atomic mass is 10.1. The quantitative estimate of drug-likeness (QED) is 0.557. The van der Waals surface area contributed by atoms with Gasteiger partial charge in [0.15, 0.2) is 5.58 Å². The number of nitrogens with one attached hydrogen (secondary N) is 1. The number of pyridine rings is 1. The smallest absolute Gasteiger partial charge is 0.257 e. The van der Waals surface area contributed by atoms with E-state index in [1.165, 1.54) is 12.3 Å². The number of anilines is 1. The second-order valence-corrected chi connectivity index (χ2v) is 5.41. The van der Waals surface area contributed by atoms with E-state index in [9.17, 15) is 9.90 Å². The van der Waals surface area contributed by atoms with Crippen LogP contribution in [0, 0.1) is 0 Å². The summed E-state index contributed by atoms with van der Waals surface area (Å²) in [6.45, 7) is 0. The highest BCUT2D eigenvalue weighted by Crippen LogP contribution is 2.33. The van der Waals surface area contributed by atoms with Crippen molar-refractivity contribution in [3.8, 4) is 17.2 Å². The van der Waals surface area contributed by atoms with Gasteiger partial charge in [-0.2, -0.15) is 0 Å². The van der Waals surface area contributed by atoms with Crippen molar-refractivity contribution in [2.24, 2.45) is 0 Å². The summed E-state index contributed by atoms with van der Waals surface area (Å²) < 4.78 is 5.69. The number of phenols is 1. The lowest BCUT2D eigenvalue weighted by Crippen LogP contribution is -2.11. The summed E-state index contributed by atoms with van der Waals surface area (Å²) >= 11 is 0. The van der Waals surface area contributed by atoms with E-state index in [4.69, 9.17) is 4.42 Å². The van der Waals surface area contributed by atoms with E-state index in [1.54, 1.807) is 36.5 Å². The van der Waals surface area contributed by atoms with Crippen molar-refractivity contribution in [2.75, 3.05) is 5.32 Å². The van der Waals surface area contributed by atoms with Crippen molar-refractivity contribution >= 4 is 22.7 Å². The predicted molar refractivity (Wildman–Crippen MR) is 93.3 cm³/mol. The number of amides is 1. The minimum atomic E-state index is -0.290. The molecule has 0 atom stereocenters. The van der Waals surface area contributed by atoms with Gasteiger partial charge in [0.1, 0.15) is 11.3 Å². The first-order valence-corrected chi connectivity index (χ1v) is 7.61. The zero-order chi connectivity index (χ0) is 17.2. The maximum atomic E-state index is 12.2. The van der Waals surface area contributed by atoms with Crippen LogP contribution in [0.4, 0.5) is 5.69 Å². The number of phenolic OH excluding ortho intramolecular Hbond substituents is 1. The van der Waals surface area contributed by atoms with Crippen LogP contribution < -0.4 is 5.32 Å². The Morgan fingerprint density at radius 1 is 1.08 bits per heavy atom. The molecule has 0 aliphatic heterocycles.